The second-order valence-corrected chi connectivity index (χ2v) is 8.76. The minimum Gasteiger partial charge on any atom is -0.322 e. The first kappa shape index (κ1) is 20.4. The van der Waals surface area contributed by atoms with Gasteiger partial charge in [-0.25, -0.2) is 17.2 Å². The number of benzene rings is 2. The van der Waals surface area contributed by atoms with E-state index in [1.54, 1.807) is 13.0 Å². The zero-order valence-corrected chi connectivity index (χ0v) is 16.4. The summed E-state index contributed by atoms with van der Waals surface area (Å²) in [4.78, 5) is 12.4. The Morgan fingerprint density at radius 3 is 2.39 bits per heavy atom. The third-order valence-electron chi connectivity index (χ3n) is 4.83. The van der Waals surface area contributed by atoms with Crippen LogP contribution in [0, 0.1) is 18.6 Å². The van der Waals surface area contributed by atoms with Gasteiger partial charge >= 0.3 is 0 Å². The van der Waals surface area contributed by atoms with Crippen LogP contribution in [0.1, 0.15) is 41.6 Å². The highest BCUT2D eigenvalue weighted by molar-refractivity contribution is 7.89. The van der Waals surface area contributed by atoms with Gasteiger partial charge in [0, 0.05) is 18.8 Å². The highest BCUT2D eigenvalue weighted by atomic mass is 32.2. The third kappa shape index (κ3) is 4.23. The summed E-state index contributed by atoms with van der Waals surface area (Å²) in [5.41, 5.74) is 0.310. The van der Waals surface area contributed by atoms with Crippen molar-refractivity contribution >= 4 is 21.6 Å². The molecular formula is C20H22F2N2O3S. The molecule has 0 atom stereocenters. The van der Waals surface area contributed by atoms with Gasteiger partial charge in [0.25, 0.3) is 5.91 Å². The Balaban J connectivity index is 1.89. The fraction of sp³-hybridized carbons (Fsp3) is 0.350. The van der Waals surface area contributed by atoms with Gasteiger partial charge in [-0.2, -0.15) is 4.31 Å². The van der Waals surface area contributed by atoms with Crippen molar-refractivity contribution in [2.75, 3.05) is 18.4 Å². The number of halogens is 2. The second-order valence-electron chi connectivity index (χ2n) is 6.85. The van der Waals surface area contributed by atoms with Gasteiger partial charge < -0.3 is 5.32 Å². The van der Waals surface area contributed by atoms with E-state index >= 15 is 0 Å². The molecule has 0 bridgehead atoms. The van der Waals surface area contributed by atoms with Crippen molar-refractivity contribution < 1.29 is 22.0 Å². The SMILES string of the molecule is Cc1ccc(NC(=O)c2cccc(F)c2F)cc1S(=O)(=O)N1CCCCCC1. The number of nitrogens with one attached hydrogen (secondary N) is 1. The van der Waals surface area contributed by atoms with Crippen LogP contribution in [0.15, 0.2) is 41.3 Å². The molecule has 1 N–H and O–H groups in total. The third-order valence-corrected chi connectivity index (χ3v) is 6.87. The molecule has 1 fully saturated rings. The number of carbonyl (C=O) groups is 1. The lowest BCUT2D eigenvalue weighted by atomic mass is 10.1. The molecule has 0 unspecified atom stereocenters. The topological polar surface area (TPSA) is 66.5 Å². The van der Waals surface area contributed by atoms with Gasteiger partial charge in [0.2, 0.25) is 10.0 Å². The number of nitrogens with zero attached hydrogens (tertiary/aromatic N) is 1. The van der Waals surface area contributed by atoms with Gasteiger partial charge in [-0.1, -0.05) is 25.0 Å². The quantitative estimate of drug-likeness (QED) is 0.829. The Hall–Kier alpha value is -2.32. The van der Waals surface area contributed by atoms with Crippen LogP contribution in [0.2, 0.25) is 0 Å². The molecule has 2 aromatic carbocycles. The zero-order chi connectivity index (χ0) is 20.3. The molecule has 2 aromatic rings. The van der Waals surface area contributed by atoms with Gasteiger partial charge in [0.1, 0.15) is 0 Å². The van der Waals surface area contributed by atoms with Gasteiger partial charge in [-0.05, 0) is 49.6 Å². The average Bonchev–Trinajstić information content (AvgIpc) is 2.95. The second kappa shape index (κ2) is 8.36. The van der Waals surface area contributed by atoms with Crippen molar-refractivity contribution in [3.8, 4) is 0 Å². The van der Waals surface area contributed by atoms with Crippen LogP contribution in [-0.4, -0.2) is 31.7 Å². The first-order valence-corrected chi connectivity index (χ1v) is 10.6. The molecule has 8 heteroatoms. The van der Waals surface area contributed by atoms with Crippen LogP contribution in [0.5, 0.6) is 0 Å². The number of anilines is 1. The van der Waals surface area contributed by atoms with Crippen molar-refractivity contribution in [2.24, 2.45) is 0 Å². The summed E-state index contributed by atoms with van der Waals surface area (Å²) in [6, 6.07) is 7.80. The summed E-state index contributed by atoms with van der Waals surface area (Å²) in [5, 5.41) is 2.45. The highest BCUT2D eigenvalue weighted by Crippen LogP contribution is 2.26. The maximum absolute atomic E-state index is 13.8. The molecule has 1 aliphatic rings. The summed E-state index contributed by atoms with van der Waals surface area (Å²) >= 11 is 0. The molecule has 0 aromatic heterocycles. The Morgan fingerprint density at radius 2 is 1.71 bits per heavy atom. The number of carbonyl (C=O) groups excluding carboxylic acids is 1. The number of hydrogen-bond acceptors (Lipinski definition) is 3. The molecule has 0 saturated carbocycles. The maximum atomic E-state index is 13.8. The van der Waals surface area contributed by atoms with Crippen LogP contribution in [0.25, 0.3) is 0 Å². The fourth-order valence-corrected chi connectivity index (χ4v) is 5.02. The molecule has 0 spiro atoms. The molecule has 28 heavy (non-hydrogen) atoms. The Kier molecular flexibility index (Phi) is 6.10. The number of aryl methyl sites for hydroxylation is 1. The molecule has 0 aliphatic carbocycles. The van der Waals surface area contributed by atoms with Crippen LogP contribution >= 0.6 is 0 Å². The summed E-state index contributed by atoms with van der Waals surface area (Å²) in [7, 11) is -3.71. The largest absolute Gasteiger partial charge is 0.322 e. The van der Waals surface area contributed by atoms with E-state index in [0.717, 1.165) is 37.8 Å². The molecule has 1 amide bonds. The zero-order valence-electron chi connectivity index (χ0n) is 15.5. The summed E-state index contributed by atoms with van der Waals surface area (Å²) in [6.07, 6.45) is 3.63. The van der Waals surface area contributed by atoms with Crippen molar-refractivity contribution in [3.05, 3.63) is 59.2 Å². The number of rotatable bonds is 4. The number of hydrogen-bond donors (Lipinski definition) is 1. The van der Waals surface area contributed by atoms with Crippen molar-refractivity contribution in [1.29, 1.82) is 0 Å². The standard InChI is InChI=1S/C20H22F2N2O3S/c1-14-9-10-15(23-20(25)16-7-6-8-17(21)19(16)22)13-18(14)28(26,27)24-11-4-2-3-5-12-24/h6-10,13H,2-5,11-12H2,1H3,(H,23,25). The predicted octanol–water partition coefficient (Wildman–Crippen LogP) is 4.09. The first-order valence-electron chi connectivity index (χ1n) is 9.17. The van der Waals surface area contributed by atoms with E-state index in [0.29, 0.717) is 18.7 Å². The maximum Gasteiger partial charge on any atom is 0.258 e. The predicted molar refractivity (Wildman–Crippen MR) is 103 cm³/mol. The molecule has 1 aliphatic heterocycles. The lowest BCUT2D eigenvalue weighted by Crippen LogP contribution is -2.32. The van der Waals surface area contributed by atoms with Crippen molar-refractivity contribution in [3.63, 3.8) is 0 Å². The van der Waals surface area contributed by atoms with E-state index in [-0.39, 0.29) is 10.6 Å². The minimum atomic E-state index is -3.71. The normalized spacial score (nSPS) is 15.8. The Bertz CT molecular complexity index is 985. The fourth-order valence-electron chi connectivity index (χ4n) is 3.25. The molecule has 0 radical (unpaired) electrons. The number of sulfonamides is 1. The van der Waals surface area contributed by atoms with Gasteiger partial charge in [0.15, 0.2) is 11.6 Å². The van der Waals surface area contributed by atoms with E-state index in [4.69, 9.17) is 0 Å². The van der Waals surface area contributed by atoms with Crippen LogP contribution in [-0.2, 0) is 10.0 Å². The van der Waals surface area contributed by atoms with E-state index in [1.165, 1.54) is 22.5 Å². The van der Waals surface area contributed by atoms with Crippen LogP contribution in [0.4, 0.5) is 14.5 Å². The smallest absolute Gasteiger partial charge is 0.258 e. The monoisotopic (exact) mass is 408 g/mol. The van der Waals surface area contributed by atoms with E-state index in [2.05, 4.69) is 5.32 Å². The summed E-state index contributed by atoms with van der Waals surface area (Å²) in [5.74, 6) is -3.22. The molecular weight excluding hydrogens is 386 g/mol. The first-order chi connectivity index (χ1) is 13.3. The van der Waals surface area contributed by atoms with Gasteiger partial charge in [-0.3, -0.25) is 4.79 Å². The Morgan fingerprint density at radius 1 is 1.04 bits per heavy atom. The summed E-state index contributed by atoms with van der Waals surface area (Å²) < 4.78 is 54.8. The number of amides is 1. The van der Waals surface area contributed by atoms with Crippen molar-refractivity contribution in [2.45, 2.75) is 37.5 Å². The van der Waals surface area contributed by atoms with E-state index in [9.17, 15) is 22.0 Å². The molecule has 1 saturated heterocycles. The molecule has 3 rings (SSSR count). The van der Waals surface area contributed by atoms with Gasteiger partial charge in [-0.15, -0.1) is 0 Å². The Labute approximate surface area is 163 Å². The van der Waals surface area contributed by atoms with Crippen LogP contribution in [0.3, 0.4) is 0 Å². The molecule has 5 nitrogen and oxygen atoms in total. The lowest BCUT2D eigenvalue weighted by molar-refractivity contribution is 0.102. The van der Waals surface area contributed by atoms with E-state index in [1.807, 2.05) is 0 Å². The van der Waals surface area contributed by atoms with E-state index < -0.39 is 33.1 Å². The average molecular weight is 408 g/mol. The summed E-state index contributed by atoms with van der Waals surface area (Å²) in [6.45, 7) is 2.61. The highest BCUT2D eigenvalue weighted by Gasteiger charge is 2.27. The molecule has 1 heterocycles. The lowest BCUT2D eigenvalue weighted by Gasteiger charge is -2.21. The minimum absolute atomic E-state index is 0.104. The molecule has 150 valence electrons. The van der Waals surface area contributed by atoms with Crippen molar-refractivity contribution in [1.82, 2.24) is 4.31 Å². The van der Waals surface area contributed by atoms with Gasteiger partial charge in [0.05, 0.1) is 10.5 Å². The van der Waals surface area contributed by atoms with Crippen LogP contribution < -0.4 is 5.32 Å².